The molecule has 1 fully saturated rings. The molecule has 1 aliphatic heterocycles. The van der Waals surface area contributed by atoms with E-state index in [2.05, 4.69) is 26.6 Å². The van der Waals surface area contributed by atoms with Gasteiger partial charge in [0, 0.05) is 17.6 Å². The van der Waals surface area contributed by atoms with Gasteiger partial charge in [0.2, 0.25) is 5.91 Å². The third-order valence-electron chi connectivity index (χ3n) is 2.55. The Kier molecular flexibility index (Phi) is 3.38. The first-order valence-corrected chi connectivity index (χ1v) is 5.81. The predicted octanol–water partition coefficient (Wildman–Crippen LogP) is 1.43. The molecular formula is C11H13BrN2O. The van der Waals surface area contributed by atoms with Gasteiger partial charge >= 0.3 is 0 Å². The van der Waals surface area contributed by atoms with E-state index in [1.807, 2.05) is 24.3 Å². The molecule has 1 atom stereocenters. The Morgan fingerprint density at radius 2 is 2.27 bits per heavy atom. The molecule has 1 unspecified atom stereocenters. The topological polar surface area (TPSA) is 41.1 Å². The SMILES string of the molecule is O=C1NCCC1NCc1ccccc1Br. The van der Waals surface area contributed by atoms with Crippen molar-refractivity contribution < 1.29 is 4.79 Å². The molecule has 4 heteroatoms. The van der Waals surface area contributed by atoms with E-state index in [1.165, 1.54) is 5.56 Å². The molecule has 0 saturated carbocycles. The van der Waals surface area contributed by atoms with Crippen molar-refractivity contribution in [2.75, 3.05) is 6.54 Å². The minimum absolute atomic E-state index is 0.0305. The van der Waals surface area contributed by atoms with Crippen LogP contribution in [0.15, 0.2) is 28.7 Å². The molecule has 1 amide bonds. The van der Waals surface area contributed by atoms with Crippen molar-refractivity contribution in [1.29, 1.82) is 0 Å². The normalized spacial score (nSPS) is 20.3. The molecular weight excluding hydrogens is 256 g/mol. The molecule has 0 bridgehead atoms. The summed E-state index contributed by atoms with van der Waals surface area (Å²) in [4.78, 5) is 11.3. The summed E-state index contributed by atoms with van der Waals surface area (Å²) in [7, 11) is 0. The fraction of sp³-hybridized carbons (Fsp3) is 0.364. The van der Waals surface area contributed by atoms with E-state index in [0.717, 1.165) is 24.0 Å². The first-order valence-electron chi connectivity index (χ1n) is 5.02. The Balaban J connectivity index is 1.93. The minimum Gasteiger partial charge on any atom is -0.355 e. The third-order valence-corrected chi connectivity index (χ3v) is 3.32. The first kappa shape index (κ1) is 10.6. The second-order valence-corrected chi connectivity index (χ2v) is 4.46. The van der Waals surface area contributed by atoms with Crippen molar-refractivity contribution in [2.24, 2.45) is 0 Å². The average Bonchev–Trinajstić information content (AvgIpc) is 2.63. The number of carbonyl (C=O) groups is 1. The molecule has 2 N–H and O–H groups in total. The number of carbonyl (C=O) groups excluding carboxylic acids is 1. The lowest BCUT2D eigenvalue weighted by atomic mass is 10.2. The fourth-order valence-electron chi connectivity index (χ4n) is 1.66. The van der Waals surface area contributed by atoms with E-state index in [1.54, 1.807) is 0 Å². The highest BCUT2D eigenvalue weighted by Crippen LogP contribution is 2.15. The number of hydrogen-bond acceptors (Lipinski definition) is 2. The van der Waals surface area contributed by atoms with Crippen LogP contribution in [0, 0.1) is 0 Å². The van der Waals surface area contributed by atoms with Crippen LogP contribution in [-0.2, 0) is 11.3 Å². The van der Waals surface area contributed by atoms with Gasteiger partial charge in [0.15, 0.2) is 0 Å². The van der Waals surface area contributed by atoms with E-state index in [4.69, 9.17) is 0 Å². The highest BCUT2D eigenvalue weighted by molar-refractivity contribution is 9.10. The zero-order chi connectivity index (χ0) is 10.7. The van der Waals surface area contributed by atoms with Crippen LogP contribution >= 0.6 is 15.9 Å². The number of hydrogen-bond donors (Lipinski definition) is 2. The van der Waals surface area contributed by atoms with Crippen molar-refractivity contribution in [3.05, 3.63) is 34.3 Å². The molecule has 0 spiro atoms. The van der Waals surface area contributed by atoms with Crippen molar-refractivity contribution in [2.45, 2.75) is 19.0 Å². The molecule has 2 rings (SSSR count). The Labute approximate surface area is 97.4 Å². The summed E-state index contributed by atoms with van der Waals surface area (Å²) in [6.07, 6.45) is 0.878. The quantitative estimate of drug-likeness (QED) is 0.871. The number of nitrogens with one attached hydrogen (secondary N) is 2. The monoisotopic (exact) mass is 268 g/mol. The van der Waals surface area contributed by atoms with E-state index >= 15 is 0 Å². The van der Waals surface area contributed by atoms with Crippen molar-refractivity contribution in [3.63, 3.8) is 0 Å². The molecule has 0 aromatic heterocycles. The standard InChI is InChI=1S/C11H13BrN2O/c12-9-4-2-1-3-8(9)7-14-10-5-6-13-11(10)15/h1-4,10,14H,5-7H2,(H,13,15). The highest BCUT2D eigenvalue weighted by atomic mass is 79.9. The van der Waals surface area contributed by atoms with Crippen LogP contribution in [0.25, 0.3) is 0 Å². The second kappa shape index (κ2) is 4.77. The highest BCUT2D eigenvalue weighted by Gasteiger charge is 2.22. The van der Waals surface area contributed by atoms with E-state index in [-0.39, 0.29) is 11.9 Å². The number of amides is 1. The molecule has 0 aliphatic carbocycles. The number of rotatable bonds is 3. The van der Waals surface area contributed by atoms with Gasteiger partial charge in [-0.2, -0.15) is 0 Å². The molecule has 1 aliphatic rings. The van der Waals surface area contributed by atoms with Gasteiger partial charge in [-0.05, 0) is 18.1 Å². The molecule has 80 valence electrons. The van der Waals surface area contributed by atoms with Gasteiger partial charge in [-0.15, -0.1) is 0 Å². The Bertz CT molecular complexity index is 367. The number of benzene rings is 1. The van der Waals surface area contributed by atoms with Gasteiger partial charge in [-0.3, -0.25) is 4.79 Å². The van der Waals surface area contributed by atoms with Crippen molar-refractivity contribution in [3.8, 4) is 0 Å². The maximum absolute atomic E-state index is 11.3. The van der Waals surface area contributed by atoms with Crippen molar-refractivity contribution >= 4 is 21.8 Å². The summed E-state index contributed by atoms with van der Waals surface area (Å²) in [6.45, 7) is 1.51. The summed E-state index contributed by atoms with van der Waals surface area (Å²) in [5, 5.41) is 6.05. The molecule has 1 heterocycles. The van der Waals surface area contributed by atoms with Crippen LogP contribution in [0.1, 0.15) is 12.0 Å². The molecule has 1 aromatic rings. The maximum Gasteiger partial charge on any atom is 0.237 e. The van der Waals surface area contributed by atoms with Crippen LogP contribution < -0.4 is 10.6 Å². The fourth-order valence-corrected chi connectivity index (χ4v) is 2.09. The van der Waals surface area contributed by atoms with Gasteiger partial charge in [0.25, 0.3) is 0 Å². The Morgan fingerprint density at radius 3 is 2.93 bits per heavy atom. The molecule has 3 nitrogen and oxygen atoms in total. The van der Waals surface area contributed by atoms with Crippen LogP contribution in [0.5, 0.6) is 0 Å². The summed E-state index contributed by atoms with van der Waals surface area (Å²) in [5.41, 5.74) is 1.18. The van der Waals surface area contributed by atoms with Gasteiger partial charge < -0.3 is 10.6 Å². The van der Waals surface area contributed by atoms with E-state index in [0.29, 0.717) is 0 Å². The third kappa shape index (κ3) is 2.58. The molecule has 15 heavy (non-hydrogen) atoms. The largest absolute Gasteiger partial charge is 0.355 e. The average molecular weight is 269 g/mol. The zero-order valence-corrected chi connectivity index (χ0v) is 9.88. The Hall–Kier alpha value is -0.870. The van der Waals surface area contributed by atoms with Gasteiger partial charge in [0.1, 0.15) is 0 Å². The smallest absolute Gasteiger partial charge is 0.237 e. The van der Waals surface area contributed by atoms with Crippen molar-refractivity contribution in [1.82, 2.24) is 10.6 Å². The summed E-state index contributed by atoms with van der Waals surface area (Å²) < 4.78 is 1.08. The molecule has 1 aromatic carbocycles. The second-order valence-electron chi connectivity index (χ2n) is 3.60. The summed E-state index contributed by atoms with van der Waals surface area (Å²) >= 11 is 3.48. The van der Waals surface area contributed by atoms with Crippen LogP contribution in [0.4, 0.5) is 0 Å². The van der Waals surface area contributed by atoms with E-state index < -0.39 is 0 Å². The minimum atomic E-state index is -0.0305. The van der Waals surface area contributed by atoms with Crippen LogP contribution in [0.2, 0.25) is 0 Å². The predicted molar refractivity (Wildman–Crippen MR) is 62.4 cm³/mol. The molecule has 1 saturated heterocycles. The lowest BCUT2D eigenvalue weighted by molar-refractivity contribution is -0.120. The summed E-state index contributed by atoms with van der Waals surface area (Å²) in [6, 6.07) is 8.00. The van der Waals surface area contributed by atoms with Gasteiger partial charge in [0.05, 0.1) is 6.04 Å². The summed E-state index contributed by atoms with van der Waals surface area (Å²) in [5.74, 6) is 0.113. The zero-order valence-electron chi connectivity index (χ0n) is 8.29. The first-order chi connectivity index (χ1) is 7.27. The molecule has 0 radical (unpaired) electrons. The lowest BCUT2D eigenvalue weighted by Crippen LogP contribution is -2.35. The van der Waals surface area contributed by atoms with Crippen LogP contribution in [0.3, 0.4) is 0 Å². The van der Waals surface area contributed by atoms with Crippen LogP contribution in [-0.4, -0.2) is 18.5 Å². The van der Waals surface area contributed by atoms with E-state index in [9.17, 15) is 4.79 Å². The Morgan fingerprint density at radius 1 is 1.47 bits per heavy atom. The van der Waals surface area contributed by atoms with Gasteiger partial charge in [-0.25, -0.2) is 0 Å². The van der Waals surface area contributed by atoms with Gasteiger partial charge in [-0.1, -0.05) is 34.1 Å². The maximum atomic E-state index is 11.3. The number of halogens is 1. The lowest BCUT2D eigenvalue weighted by Gasteiger charge is -2.10.